The van der Waals surface area contributed by atoms with Crippen LogP contribution < -0.4 is 10.6 Å². The van der Waals surface area contributed by atoms with Crippen LogP contribution in [0.25, 0.3) is 0 Å². The summed E-state index contributed by atoms with van der Waals surface area (Å²) >= 11 is 3.54. The van der Waals surface area contributed by atoms with Crippen molar-refractivity contribution in [2.24, 2.45) is 0 Å². The summed E-state index contributed by atoms with van der Waals surface area (Å²) in [6.07, 6.45) is 1.82. The molecule has 3 nitrogen and oxygen atoms in total. The fourth-order valence-electron chi connectivity index (χ4n) is 2.17. The van der Waals surface area contributed by atoms with Crippen molar-refractivity contribution in [3.63, 3.8) is 0 Å². The molecule has 0 amide bonds. The van der Waals surface area contributed by atoms with Gasteiger partial charge in [-0.2, -0.15) is 0 Å². The van der Waals surface area contributed by atoms with E-state index in [4.69, 9.17) is 5.73 Å². The van der Waals surface area contributed by atoms with E-state index in [1.165, 1.54) is 11.1 Å². The Labute approximate surface area is 108 Å². The largest absolute Gasteiger partial charge is 0.399 e. The third-order valence-corrected chi connectivity index (χ3v) is 3.61. The molecule has 0 saturated heterocycles. The molecule has 1 aromatic carbocycles. The SMILES string of the molecule is Nc1ccc2c(c1)CN(c1ncccc1Br)C2. The van der Waals surface area contributed by atoms with Gasteiger partial charge in [0.2, 0.25) is 0 Å². The Balaban J connectivity index is 1.94. The number of benzene rings is 1. The van der Waals surface area contributed by atoms with E-state index in [1.807, 2.05) is 30.5 Å². The van der Waals surface area contributed by atoms with Crippen LogP contribution in [0.5, 0.6) is 0 Å². The highest BCUT2D eigenvalue weighted by atomic mass is 79.9. The summed E-state index contributed by atoms with van der Waals surface area (Å²) in [5, 5.41) is 0. The van der Waals surface area contributed by atoms with E-state index in [0.29, 0.717) is 0 Å². The Bertz CT molecular complexity index is 568. The first-order chi connectivity index (χ1) is 8.24. The van der Waals surface area contributed by atoms with Gasteiger partial charge in [-0.1, -0.05) is 6.07 Å². The van der Waals surface area contributed by atoms with Crippen LogP contribution in [-0.4, -0.2) is 4.98 Å². The van der Waals surface area contributed by atoms with Gasteiger partial charge >= 0.3 is 0 Å². The molecular weight excluding hydrogens is 278 g/mol. The maximum absolute atomic E-state index is 5.80. The zero-order valence-electron chi connectivity index (χ0n) is 9.23. The van der Waals surface area contributed by atoms with Crippen LogP contribution in [0.1, 0.15) is 11.1 Å². The monoisotopic (exact) mass is 289 g/mol. The van der Waals surface area contributed by atoms with Gasteiger partial charge in [-0.3, -0.25) is 0 Å². The van der Waals surface area contributed by atoms with E-state index < -0.39 is 0 Å². The number of rotatable bonds is 1. The van der Waals surface area contributed by atoms with Crippen LogP contribution in [-0.2, 0) is 13.1 Å². The van der Waals surface area contributed by atoms with E-state index in [9.17, 15) is 0 Å². The standard InChI is InChI=1S/C13H12BrN3/c14-12-2-1-5-16-13(12)17-7-9-3-4-11(15)6-10(9)8-17/h1-6H,7-8,15H2. The number of anilines is 2. The summed E-state index contributed by atoms with van der Waals surface area (Å²) in [5.41, 5.74) is 9.25. The summed E-state index contributed by atoms with van der Waals surface area (Å²) in [6, 6.07) is 10.0. The smallest absolute Gasteiger partial charge is 0.143 e. The summed E-state index contributed by atoms with van der Waals surface area (Å²) < 4.78 is 1.03. The van der Waals surface area contributed by atoms with E-state index in [0.717, 1.165) is 29.1 Å². The molecule has 17 heavy (non-hydrogen) atoms. The van der Waals surface area contributed by atoms with Gasteiger partial charge in [0, 0.05) is 25.0 Å². The van der Waals surface area contributed by atoms with Gasteiger partial charge in [0.25, 0.3) is 0 Å². The summed E-state index contributed by atoms with van der Waals surface area (Å²) in [5.74, 6) is 0.988. The zero-order valence-corrected chi connectivity index (χ0v) is 10.8. The average Bonchev–Trinajstić information content (AvgIpc) is 2.72. The Hall–Kier alpha value is -1.55. The predicted octanol–water partition coefficient (Wildman–Crippen LogP) is 2.95. The summed E-state index contributed by atoms with van der Waals surface area (Å²) in [4.78, 5) is 6.66. The molecule has 4 heteroatoms. The van der Waals surface area contributed by atoms with Crippen LogP contribution in [0.15, 0.2) is 41.0 Å². The van der Waals surface area contributed by atoms with Crippen molar-refractivity contribution in [2.45, 2.75) is 13.1 Å². The molecule has 86 valence electrons. The van der Waals surface area contributed by atoms with Crippen LogP contribution >= 0.6 is 15.9 Å². The van der Waals surface area contributed by atoms with Crippen LogP contribution in [0.2, 0.25) is 0 Å². The van der Waals surface area contributed by atoms with Crippen molar-refractivity contribution in [1.29, 1.82) is 0 Å². The fourth-order valence-corrected chi connectivity index (χ4v) is 2.68. The minimum absolute atomic E-state index is 0.825. The van der Waals surface area contributed by atoms with E-state index in [2.05, 4.69) is 31.9 Å². The van der Waals surface area contributed by atoms with Gasteiger partial charge in [0.1, 0.15) is 5.82 Å². The van der Waals surface area contributed by atoms with Crippen LogP contribution in [0.4, 0.5) is 11.5 Å². The third kappa shape index (κ3) is 1.89. The van der Waals surface area contributed by atoms with E-state index in [1.54, 1.807) is 0 Å². The summed E-state index contributed by atoms with van der Waals surface area (Å²) in [7, 11) is 0. The van der Waals surface area contributed by atoms with Crippen molar-refractivity contribution in [3.8, 4) is 0 Å². The third-order valence-electron chi connectivity index (χ3n) is 2.99. The Morgan fingerprint density at radius 3 is 2.82 bits per heavy atom. The minimum atomic E-state index is 0.825. The lowest BCUT2D eigenvalue weighted by Crippen LogP contribution is -2.16. The molecule has 2 heterocycles. The molecule has 0 spiro atoms. The first-order valence-corrected chi connectivity index (χ1v) is 6.26. The second-order valence-corrected chi connectivity index (χ2v) is 5.05. The number of aromatic nitrogens is 1. The molecular formula is C13H12BrN3. The lowest BCUT2D eigenvalue weighted by atomic mass is 10.1. The fraction of sp³-hybridized carbons (Fsp3) is 0.154. The zero-order chi connectivity index (χ0) is 11.8. The summed E-state index contributed by atoms with van der Waals surface area (Å²) in [6.45, 7) is 1.77. The maximum atomic E-state index is 5.80. The average molecular weight is 290 g/mol. The normalized spacial score (nSPS) is 13.8. The second-order valence-electron chi connectivity index (χ2n) is 4.19. The second kappa shape index (κ2) is 4.04. The molecule has 0 saturated carbocycles. The Kier molecular flexibility index (Phi) is 2.52. The van der Waals surface area contributed by atoms with Crippen LogP contribution in [0.3, 0.4) is 0 Å². The molecule has 0 radical (unpaired) electrons. The molecule has 2 N–H and O–H groups in total. The van der Waals surface area contributed by atoms with Gasteiger partial charge in [-0.05, 0) is 51.3 Å². The Morgan fingerprint density at radius 1 is 1.18 bits per heavy atom. The predicted molar refractivity (Wildman–Crippen MR) is 72.7 cm³/mol. The molecule has 1 aliphatic rings. The van der Waals surface area contributed by atoms with Crippen LogP contribution in [0, 0.1) is 0 Å². The van der Waals surface area contributed by atoms with Crippen molar-refractivity contribution < 1.29 is 0 Å². The molecule has 1 aromatic heterocycles. The topological polar surface area (TPSA) is 42.1 Å². The highest BCUT2D eigenvalue weighted by Crippen LogP contribution is 2.32. The van der Waals surface area contributed by atoms with Gasteiger partial charge in [0.15, 0.2) is 0 Å². The first-order valence-electron chi connectivity index (χ1n) is 5.47. The number of halogens is 1. The van der Waals surface area contributed by atoms with Crippen molar-refractivity contribution >= 4 is 27.4 Å². The van der Waals surface area contributed by atoms with Crippen molar-refractivity contribution in [3.05, 3.63) is 52.1 Å². The number of fused-ring (bicyclic) bond motifs is 1. The number of pyridine rings is 1. The van der Waals surface area contributed by atoms with Gasteiger partial charge in [0.05, 0.1) is 4.47 Å². The van der Waals surface area contributed by atoms with Gasteiger partial charge in [-0.25, -0.2) is 4.98 Å². The van der Waals surface area contributed by atoms with Crippen molar-refractivity contribution in [1.82, 2.24) is 4.98 Å². The Morgan fingerprint density at radius 2 is 2.00 bits per heavy atom. The number of hydrogen-bond donors (Lipinski definition) is 1. The van der Waals surface area contributed by atoms with E-state index >= 15 is 0 Å². The molecule has 0 bridgehead atoms. The van der Waals surface area contributed by atoms with Gasteiger partial charge < -0.3 is 10.6 Å². The molecule has 0 atom stereocenters. The number of nitrogens with two attached hydrogens (primary N) is 1. The lowest BCUT2D eigenvalue weighted by molar-refractivity contribution is 0.853. The molecule has 0 unspecified atom stereocenters. The van der Waals surface area contributed by atoms with Gasteiger partial charge in [-0.15, -0.1) is 0 Å². The lowest BCUT2D eigenvalue weighted by Gasteiger charge is -2.17. The highest BCUT2D eigenvalue weighted by Gasteiger charge is 2.21. The number of nitrogens with zero attached hydrogens (tertiary/aromatic N) is 2. The quantitative estimate of drug-likeness (QED) is 0.821. The highest BCUT2D eigenvalue weighted by molar-refractivity contribution is 9.10. The first kappa shape index (κ1) is 10.6. The molecule has 0 aliphatic carbocycles. The molecule has 1 aliphatic heterocycles. The molecule has 0 fully saturated rings. The number of hydrogen-bond acceptors (Lipinski definition) is 3. The minimum Gasteiger partial charge on any atom is -0.399 e. The van der Waals surface area contributed by atoms with Crippen molar-refractivity contribution in [2.75, 3.05) is 10.6 Å². The van der Waals surface area contributed by atoms with E-state index in [-0.39, 0.29) is 0 Å². The number of nitrogen functional groups attached to an aromatic ring is 1. The molecule has 2 aromatic rings. The maximum Gasteiger partial charge on any atom is 0.143 e. The molecule has 3 rings (SSSR count).